The predicted molar refractivity (Wildman–Crippen MR) is 89.6 cm³/mol. The smallest absolute Gasteiger partial charge is 0.229 e. The van der Waals surface area contributed by atoms with Gasteiger partial charge in [0.2, 0.25) is 5.95 Å². The van der Waals surface area contributed by atoms with Crippen LogP contribution < -0.4 is 16.4 Å². The summed E-state index contributed by atoms with van der Waals surface area (Å²) in [7, 11) is 0. The van der Waals surface area contributed by atoms with Crippen LogP contribution in [0.1, 0.15) is 36.4 Å². The van der Waals surface area contributed by atoms with Gasteiger partial charge in [0.15, 0.2) is 0 Å². The molecule has 2 aromatic rings. The number of anilines is 3. The van der Waals surface area contributed by atoms with Crippen molar-refractivity contribution in [1.82, 2.24) is 15.0 Å². The molecule has 5 N–H and O–H groups in total. The molecule has 1 aliphatic carbocycles. The third-order valence-electron chi connectivity index (χ3n) is 3.75. The lowest BCUT2D eigenvalue weighted by molar-refractivity contribution is 0.277. The molecule has 0 aromatic carbocycles. The molecule has 1 aliphatic rings. The molecule has 2 heterocycles. The third kappa shape index (κ3) is 4.14. The Morgan fingerprint density at radius 1 is 1.22 bits per heavy atom. The molecule has 0 amide bonds. The molecule has 1 saturated carbocycles. The molecule has 0 atom stereocenters. The summed E-state index contributed by atoms with van der Waals surface area (Å²) in [5.74, 6) is 2.00. The van der Waals surface area contributed by atoms with Gasteiger partial charge in [-0.25, -0.2) is 4.98 Å². The molecule has 0 aliphatic heterocycles. The molecule has 0 spiro atoms. The van der Waals surface area contributed by atoms with Gasteiger partial charge in [0.25, 0.3) is 0 Å². The molecule has 1 fully saturated rings. The van der Waals surface area contributed by atoms with Crippen molar-refractivity contribution >= 4 is 17.5 Å². The Morgan fingerprint density at radius 2 is 2.09 bits per heavy atom. The van der Waals surface area contributed by atoms with Crippen LogP contribution in [0.25, 0.3) is 0 Å². The first kappa shape index (κ1) is 15.6. The number of hydrogen-bond donors (Lipinski definition) is 4. The summed E-state index contributed by atoms with van der Waals surface area (Å²) in [5.41, 5.74) is 8.15. The van der Waals surface area contributed by atoms with Crippen LogP contribution in [0.5, 0.6) is 0 Å². The van der Waals surface area contributed by atoms with Crippen molar-refractivity contribution in [3.05, 3.63) is 35.8 Å². The number of aliphatic hydroxyl groups is 1. The maximum atomic E-state index is 9.02. The first-order chi connectivity index (χ1) is 11.3. The largest absolute Gasteiger partial charge is 0.390 e. The Hall–Kier alpha value is -2.25. The number of rotatable bonds is 8. The number of nitrogens with one attached hydrogen (secondary N) is 2. The molecule has 7 nitrogen and oxygen atoms in total. The van der Waals surface area contributed by atoms with E-state index in [0.29, 0.717) is 24.1 Å². The lowest BCUT2D eigenvalue weighted by Crippen LogP contribution is -2.12. The van der Waals surface area contributed by atoms with Crippen molar-refractivity contribution in [2.45, 2.75) is 31.8 Å². The van der Waals surface area contributed by atoms with E-state index < -0.39 is 0 Å². The first-order valence-electron chi connectivity index (χ1n) is 7.94. The van der Waals surface area contributed by atoms with Crippen LogP contribution in [0.4, 0.5) is 17.5 Å². The van der Waals surface area contributed by atoms with Crippen molar-refractivity contribution in [1.29, 1.82) is 0 Å². The van der Waals surface area contributed by atoms with E-state index >= 15 is 0 Å². The molecule has 0 unspecified atom stereocenters. The van der Waals surface area contributed by atoms with Crippen molar-refractivity contribution in [2.24, 2.45) is 5.73 Å². The van der Waals surface area contributed by atoms with Gasteiger partial charge in [0.1, 0.15) is 5.82 Å². The van der Waals surface area contributed by atoms with E-state index in [-0.39, 0.29) is 6.61 Å². The topological polar surface area (TPSA) is 109 Å². The minimum atomic E-state index is -0.0674. The Labute approximate surface area is 135 Å². The zero-order valence-electron chi connectivity index (χ0n) is 13.0. The number of aromatic nitrogens is 3. The summed E-state index contributed by atoms with van der Waals surface area (Å²) in [6.07, 6.45) is 6.87. The minimum absolute atomic E-state index is 0.0674. The summed E-state index contributed by atoms with van der Waals surface area (Å²) in [6, 6.07) is 3.61. The molecular weight excluding hydrogens is 292 g/mol. The van der Waals surface area contributed by atoms with E-state index in [9.17, 15) is 0 Å². The van der Waals surface area contributed by atoms with Gasteiger partial charge < -0.3 is 21.5 Å². The number of aliphatic hydroxyl groups excluding tert-OH is 1. The second-order valence-electron chi connectivity index (χ2n) is 5.66. The maximum Gasteiger partial charge on any atom is 0.229 e. The van der Waals surface area contributed by atoms with E-state index in [1.54, 1.807) is 12.3 Å². The van der Waals surface area contributed by atoms with Crippen LogP contribution in [0.3, 0.4) is 0 Å². The van der Waals surface area contributed by atoms with Crippen molar-refractivity contribution in [2.75, 3.05) is 23.7 Å². The summed E-state index contributed by atoms with van der Waals surface area (Å²) in [5, 5.41) is 15.5. The number of nitrogens with two attached hydrogens (primary N) is 1. The van der Waals surface area contributed by atoms with E-state index in [2.05, 4.69) is 25.6 Å². The van der Waals surface area contributed by atoms with Gasteiger partial charge in [-0.1, -0.05) is 0 Å². The normalized spacial score (nSPS) is 13.8. The second kappa shape index (κ2) is 7.34. The van der Waals surface area contributed by atoms with Gasteiger partial charge in [0, 0.05) is 18.3 Å². The van der Waals surface area contributed by atoms with Crippen molar-refractivity contribution in [3.8, 4) is 0 Å². The predicted octanol–water partition coefficient (Wildman–Crippen LogP) is 1.75. The Morgan fingerprint density at radius 3 is 2.74 bits per heavy atom. The minimum Gasteiger partial charge on any atom is -0.390 e. The number of pyridine rings is 1. The van der Waals surface area contributed by atoms with E-state index in [0.717, 1.165) is 24.5 Å². The average Bonchev–Trinajstić information content (AvgIpc) is 3.41. The van der Waals surface area contributed by atoms with Gasteiger partial charge in [-0.2, -0.15) is 4.98 Å². The summed E-state index contributed by atoms with van der Waals surface area (Å²) in [6.45, 7) is 1.40. The van der Waals surface area contributed by atoms with E-state index in [4.69, 9.17) is 10.8 Å². The molecule has 0 saturated heterocycles. The first-order valence-corrected chi connectivity index (χ1v) is 7.94. The molecule has 2 aromatic heterocycles. The van der Waals surface area contributed by atoms with E-state index in [1.165, 1.54) is 18.4 Å². The maximum absolute atomic E-state index is 9.02. The average molecular weight is 314 g/mol. The lowest BCUT2D eigenvalue weighted by Gasteiger charge is -2.12. The Bertz CT molecular complexity index is 642. The van der Waals surface area contributed by atoms with Gasteiger partial charge in [-0.15, -0.1) is 0 Å². The fourth-order valence-corrected chi connectivity index (χ4v) is 2.32. The SMILES string of the molecule is NCCCNc1nc(Nc2ccc(CO)nc2)ncc1C1CC1. The molecule has 0 bridgehead atoms. The Kier molecular flexibility index (Phi) is 4.99. The zero-order valence-corrected chi connectivity index (χ0v) is 13.0. The highest BCUT2D eigenvalue weighted by atomic mass is 16.3. The van der Waals surface area contributed by atoms with Crippen LogP contribution >= 0.6 is 0 Å². The van der Waals surface area contributed by atoms with Gasteiger partial charge in [0.05, 0.1) is 24.2 Å². The van der Waals surface area contributed by atoms with Gasteiger partial charge in [-0.3, -0.25) is 4.98 Å². The summed E-state index contributed by atoms with van der Waals surface area (Å²) in [4.78, 5) is 13.1. The van der Waals surface area contributed by atoms with Crippen LogP contribution in [0, 0.1) is 0 Å². The second-order valence-corrected chi connectivity index (χ2v) is 5.66. The standard InChI is InChI=1S/C16H22N6O/c17-6-1-7-18-15-14(11-2-3-11)9-20-16(22-15)21-12-4-5-13(10-23)19-8-12/h4-5,8-9,11,23H,1-3,6-7,10,17H2,(H2,18,20,21,22). The van der Waals surface area contributed by atoms with Crippen LogP contribution in [0.15, 0.2) is 24.5 Å². The zero-order chi connectivity index (χ0) is 16.1. The van der Waals surface area contributed by atoms with Crippen molar-refractivity contribution < 1.29 is 5.11 Å². The summed E-state index contributed by atoms with van der Waals surface area (Å²) < 4.78 is 0. The van der Waals surface area contributed by atoms with Crippen LogP contribution in [-0.2, 0) is 6.61 Å². The molecule has 23 heavy (non-hydrogen) atoms. The molecule has 122 valence electrons. The van der Waals surface area contributed by atoms with Crippen molar-refractivity contribution in [3.63, 3.8) is 0 Å². The van der Waals surface area contributed by atoms with Crippen LogP contribution in [-0.4, -0.2) is 33.1 Å². The molecule has 3 rings (SSSR count). The summed E-state index contributed by atoms with van der Waals surface area (Å²) >= 11 is 0. The fourth-order valence-electron chi connectivity index (χ4n) is 2.32. The van der Waals surface area contributed by atoms with Gasteiger partial charge >= 0.3 is 0 Å². The quantitative estimate of drug-likeness (QED) is 0.549. The fraction of sp³-hybridized carbons (Fsp3) is 0.438. The van der Waals surface area contributed by atoms with Gasteiger partial charge in [-0.05, 0) is 43.9 Å². The third-order valence-corrected chi connectivity index (χ3v) is 3.75. The highest BCUT2D eigenvalue weighted by Crippen LogP contribution is 2.42. The molecular formula is C16H22N6O. The highest BCUT2D eigenvalue weighted by molar-refractivity contribution is 5.56. The monoisotopic (exact) mass is 314 g/mol. The molecule has 7 heteroatoms. The highest BCUT2D eigenvalue weighted by Gasteiger charge is 2.27. The van der Waals surface area contributed by atoms with Crippen LogP contribution in [0.2, 0.25) is 0 Å². The number of hydrogen-bond acceptors (Lipinski definition) is 7. The lowest BCUT2D eigenvalue weighted by atomic mass is 10.2. The Balaban J connectivity index is 1.74. The van der Waals surface area contributed by atoms with E-state index in [1.807, 2.05) is 12.3 Å². The molecule has 0 radical (unpaired) electrons. The number of nitrogens with zero attached hydrogens (tertiary/aromatic N) is 3.